The molecule has 2 fully saturated rings. The molecule has 0 bridgehead atoms. The highest BCUT2D eigenvalue weighted by Crippen LogP contribution is 2.34. The van der Waals surface area contributed by atoms with E-state index in [1.54, 1.807) is 10.6 Å². The van der Waals surface area contributed by atoms with E-state index in [4.69, 9.17) is 21.7 Å². The molecule has 1 unspecified atom stereocenters. The zero-order chi connectivity index (χ0) is 22.4. The number of aliphatic hydroxyl groups excluding tert-OH is 1. The molecule has 5 rings (SSSR count). The molecule has 2 aliphatic heterocycles. The summed E-state index contributed by atoms with van der Waals surface area (Å²) in [5, 5.41) is 15.2. The lowest BCUT2D eigenvalue weighted by molar-refractivity contribution is 0.0606. The van der Waals surface area contributed by atoms with Crippen LogP contribution in [0, 0.1) is 13.8 Å². The van der Waals surface area contributed by atoms with Gasteiger partial charge in [0.05, 0.1) is 28.4 Å². The van der Waals surface area contributed by atoms with Gasteiger partial charge >= 0.3 is 0 Å². The van der Waals surface area contributed by atoms with Crippen molar-refractivity contribution in [3.05, 3.63) is 57.9 Å². The summed E-state index contributed by atoms with van der Waals surface area (Å²) < 4.78 is 1.80. The molecule has 3 aromatic rings. The first kappa shape index (κ1) is 21.2. The van der Waals surface area contributed by atoms with E-state index < -0.39 is 0 Å². The van der Waals surface area contributed by atoms with Gasteiger partial charge in [-0.25, -0.2) is 9.50 Å². The largest absolute Gasteiger partial charge is 0.391 e. The van der Waals surface area contributed by atoms with E-state index in [9.17, 15) is 9.90 Å². The van der Waals surface area contributed by atoms with Gasteiger partial charge < -0.3 is 14.9 Å². The van der Waals surface area contributed by atoms with Crippen molar-refractivity contribution in [3.63, 3.8) is 0 Å². The monoisotopic (exact) mass is 453 g/mol. The highest BCUT2D eigenvalue weighted by Gasteiger charge is 2.32. The van der Waals surface area contributed by atoms with E-state index in [1.165, 1.54) is 0 Å². The summed E-state index contributed by atoms with van der Waals surface area (Å²) >= 11 is 6.38. The number of halogens is 1. The molecule has 2 aromatic heterocycles. The molecule has 168 valence electrons. The number of β-amino-alcohol motifs (C(OH)–C–C–N with tert-alkyl or cyclic N) is 1. The Labute approximate surface area is 192 Å². The number of likely N-dealkylation sites (tertiary alicyclic amines) is 1. The van der Waals surface area contributed by atoms with E-state index >= 15 is 0 Å². The predicted molar refractivity (Wildman–Crippen MR) is 124 cm³/mol. The van der Waals surface area contributed by atoms with Crippen molar-refractivity contribution in [2.45, 2.75) is 51.7 Å². The van der Waals surface area contributed by atoms with Crippen LogP contribution in [0.5, 0.6) is 0 Å². The molecule has 8 heteroatoms. The molecule has 0 radical (unpaired) electrons. The highest BCUT2D eigenvalue weighted by molar-refractivity contribution is 6.33. The van der Waals surface area contributed by atoms with Crippen LogP contribution in [0.4, 0.5) is 5.82 Å². The third kappa shape index (κ3) is 3.84. The maximum absolute atomic E-state index is 13.4. The van der Waals surface area contributed by atoms with Crippen molar-refractivity contribution in [1.29, 1.82) is 0 Å². The number of hydrogen-bond acceptors (Lipinski definition) is 5. The molecule has 2 aliphatic rings. The lowest BCUT2D eigenvalue weighted by atomic mass is 9.98. The van der Waals surface area contributed by atoms with Gasteiger partial charge in [0.2, 0.25) is 0 Å². The van der Waals surface area contributed by atoms with Crippen LogP contribution in [0.15, 0.2) is 30.5 Å². The summed E-state index contributed by atoms with van der Waals surface area (Å²) in [5.41, 5.74) is 4.19. The molecule has 2 saturated heterocycles. The Morgan fingerprint density at radius 1 is 1.16 bits per heavy atom. The molecule has 4 heterocycles. The summed E-state index contributed by atoms with van der Waals surface area (Å²) in [5.74, 6) is 0.847. The van der Waals surface area contributed by atoms with Gasteiger partial charge in [0.1, 0.15) is 5.82 Å². The van der Waals surface area contributed by atoms with Crippen molar-refractivity contribution in [2.75, 3.05) is 24.5 Å². The van der Waals surface area contributed by atoms with Gasteiger partial charge in [0.15, 0.2) is 5.65 Å². The average molecular weight is 454 g/mol. The van der Waals surface area contributed by atoms with Crippen LogP contribution in [-0.4, -0.2) is 56.2 Å². The molecule has 0 spiro atoms. The minimum absolute atomic E-state index is 0.0451. The number of anilines is 1. The lowest BCUT2D eigenvalue weighted by Crippen LogP contribution is -2.38. The number of piperidine rings is 1. The number of carbonyl (C=O) groups is 1. The average Bonchev–Trinajstić information content (AvgIpc) is 3.40. The predicted octanol–water partition coefficient (Wildman–Crippen LogP) is 3.94. The summed E-state index contributed by atoms with van der Waals surface area (Å²) in [6.45, 7) is 6.07. The number of amides is 1. The molecular weight excluding hydrogens is 426 g/mol. The van der Waals surface area contributed by atoms with Crippen LogP contribution >= 0.6 is 11.6 Å². The molecule has 1 N–H and O–H groups in total. The van der Waals surface area contributed by atoms with E-state index in [0.29, 0.717) is 23.7 Å². The van der Waals surface area contributed by atoms with Crippen molar-refractivity contribution in [2.24, 2.45) is 0 Å². The minimum Gasteiger partial charge on any atom is -0.391 e. The van der Waals surface area contributed by atoms with Gasteiger partial charge in [-0.05, 0) is 51.7 Å². The van der Waals surface area contributed by atoms with E-state index in [0.717, 1.165) is 60.5 Å². The topological polar surface area (TPSA) is 74.0 Å². The normalized spacial score (nSPS) is 21.5. The van der Waals surface area contributed by atoms with E-state index in [-0.39, 0.29) is 18.1 Å². The number of aliphatic hydroxyl groups is 1. The highest BCUT2D eigenvalue weighted by atomic mass is 35.5. The molecule has 0 aliphatic carbocycles. The van der Waals surface area contributed by atoms with Crippen molar-refractivity contribution < 1.29 is 9.90 Å². The van der Waals surface area contributed by atoms with Crippen LogP contribution < -0.4 is 4.90 Å². The number of rotatable bonds is 3. The number of fused-ring (bicyclic) bond motifs is 1. The Hall–Kier alpha value is -2.64. The van der Waals surface area contributed by atoms with E-state index in [1.807, 2.05) is 43.1 Å². The second kappa shape index (κ2) is 8.37. The van der Waals surface area contributed by atoms with Crippen molar-refractivity contribution in [1.82, 2.24) is 19.5 Å². The molecule has 1 amide bonds. The summed E-state index contributed by atoms with van der Waals surface area (Å²) in [7, 11) is 0. The second-order valence-corrected chi connectivity index (χ2v) is 9.41. The molecule has 32 heavy (non-hydrogen) atoms. The zero-order valence-electron chi connectivity index (χ0n) is 18.5. The first-order chi connectivity index (χ1) is 15.4. The SMILES string of the molecule is Cc1ccc(Cl)c(C(=O)N2CCCCC2c2cc3nc(N4CC[C@@H](O)C4)c(C)cn3n2)c1. The lowest BCUT2D eigenvalue weighted by Gasteiger charge is -2.35. The quantitative estimate of drug-likeness (QED) is 0.650. The van der Waals surface area contributed by atoms with Crippen LogP contribution in [0.2, 0.25) is 5.02 Å². The maximum Gasteiger partial charge on any atom is 0.255 e. The van der Waals surface area contributed by atoms with Crippen LogP contribution in [-0.2, 0) is 0 Å². The maximum atomic E-state index is 13.4. The van der Waals surface area contributed by atoms with Gasteiger partial charge in [0.25, 0.3) is 5.91 Å². The molecule has 2 atom stereocenters. The molecule has 0 saturated carbocycles. The smallest absolute Gasteiger partial charge is 0.255 e. The van der Waals surface area contributed by atoms with Crippen molar-refractivity contribution >= 4 is 29.0 Å². The number of aromatic nitrogens is 3. The zero-order valence-corrected chi connectivity index (χ0v) is 19.2. The van der Waals surface area contributed by atoms with Crippen LogP contribution in [0.3, 0.4) is 0 Å². The van der Waals surface area contributed by atoms with Gasteiger partial charge in [-0.15, -0.1) is 0 Å². The number of carbonyl (C=O) groups excluding carboxylic acids is 1. The molecule has 7 nitrogen and oxygen atoms in total. The van der Waals surface area contributed by atoms with Gasteiger partial charge in [-0.1, -0.05) is 23.2 Å². The first-order valence-electron chi connectivity index (χ1n) is 11.3. The van der Waals surface area contributed by atoms with Crippen LogP contribution in [0.25, 0.3) is 5.65 Å². The third-order valence-electron chi connectivity index (χ3n) is 6.54. The fraction of sp³-hybridized carbons (Fsp3) is 0.458. The van der Waals surface area contributed by atoms with Crippen molar-refractivity contribution in [3.8, 4) is 0 Å². The Balaban J connectivity index is 1.48. The fourth-order valence-electron chi connectivity index (χ4n) is 4.88. The molecule has 1 aromatic carbocycles. The van der Waals surface area contributed by atoms with Gasteiger partial charge in [-0.3, -0.25) is 4.79 Å². The molecular formula is C24H28ClN5O2. The van der Waals surface area contributed by atoms with Gasteiger partial charge in [0, 0.05) is 37.5 Å². The summed E-state index contributed by atoms with van der Waals surface area (Å²) in [6.07, 6.45) is 5.33. The Morgan fingerprint density at radius 2 is 2.00 bits per heavy atom. The first-order valence-corrected chi connectivity index (χ1v) is 11.7. The summed E-state index contributed by atoms with van der Waals surface area (Å²) in [4.78, 5) is 22.3. The third-order valence-corrected chi connectivity index (χ3v) is 6.87. The number of nitrogens with zero attached hydrogens (tertiary/aromatic N) is 5. The second-order valence-electron chi connectivity index (χ2n) is 9.00. The minimum atomic E-state index is -0.303. The number of benzene rings is 1. The van der Waals surface area contributed by atoms with Gasteiger partial charge in [-0.2, -0.15) is 5.10 Å². The standard InChI is InChI=1S/C24H28ClN5O2/c1-15-6-7-19(25)18(11-15)24(32)29-9-4-3-5-21(29)20-12-22-26-23(16(2)13-30(22)27-20)28-10-8-17(31)14-28/h6-7,11-13,17,21,31H,3-5,8-10,14H2,1-2H3/t17-,21?/m1/s1. The van der Waals surface area contributed by atoms with Crippen LogP contribution in [0.1, 0.15) is 58.9 Å². The fourth-order valence-corrected chi connectivity index (χ4v) is 5.07. The number of hydrogen-bond donors (Lipinski definition) is 1. The Bertz CT molecular complexity index is 1180. The summed E-state index contributed by atoms with van der Waals surface area (Å²) in [6, 6.07) is 7.45. The van der Waals surface area contributed by atoms with E-state index in [2.05, 4.69) is 4.90 Å². The number of aryl methyl sites for hydroxylation is 2. The Morgan fingerprint density at radius 3 is 2.78 bits per heavy atom. The Kier molecular flexibility index (Phi) is 5.55.